The van der Waals surface area contributed by atoms with Gasteiger partial charge in [-0.25, -0.2) is 0 Å². The largest absolute Gasteiger partial charge is 0.461 e. The fourth-order valence-corrected chi connectivity index (χ4v) is 3.02. The summed E-state index contributed by atoms with van der Waals surface area (Å²) in [6.45, 7) is -0.749. The summed E-state index contributed by atoms with van der Waals surface area (Å²) in [4.78, 5) is 11.6. The number of carbonyl (C=O) groups is 1. The van der Waals surface area contributed by atoms with Gasteiger partial charge < -0.3 is 29.9 Å². The van der Waals surface area contributed by atoms with Crippen LogP contribution in [0.25, 0.3) is 16.5 Å². The van der Waals surface area contributed by atoms with Crippen LogP contribution >= 0.6 is 0 Å². The number of alkyl halides is 3. The lowest BCUT2D eigenvalue weighted by molar-refractivity contribution is -0.284. The van der Waals surface area contributed by atoms with Gasteiger partial charge in [-0.2, -0.15) is 13.2 Å². The van der Waals surface area contributed by atoms with Crippen LogP contribution in [0.5, 0.6) is 0 Å². The molecule has 10 heteroatoms. The molecule has 1 heterocycles. The van der Waals surface area contributed by atoms with Crippen molar-refractivity contribution in [2.24, 2.45) is 0 Å². The van der Waals surface area contributed by atoms with E-state index < -0.39 is 55.0 Å². The van der Waals surface area contributed by atoms with Gasteiger partial charge in [0, 0.05) is 11.6 Å². The van der Waals surface area contributed by atoms with Crippen molar-refractivity contribution in [2.45, 2.75) is 36.9 Å². The predicted molar refractivity (Wildman–Crippen MR) is 97.8 cm³/mol. The molecule has 7 nitrogen and oxygen atoms in total. The summed E-state index contributed by atoms with van der Waals surface area (Å²) in [6.07, 6.45) is -13.4. The predicted octanol–water partition coefficient (Wildman–Crippen LogP) is 1.13. The number of aliphatic hydroxyl groups is 4. The molecular weight excluding hydrogens is 409 g/mol. The summed E-state index contributed by atoms with van der Waals surface area (Å²) in [6, 6.07) is 11.5. The number of halogens is 3. The molecule has 0 saturated carbocycles. The van der Waals surface area contributed by atoms with Crippen LogP contribution in [0.3, 0.4) is 0 Å². The van der Waals surface area contributed by atoms with E-state index in [1.165, 1.54) is 12.1 Å². The molecule has 0 amide bonds. The van der Waals surface area contributed by atoms with E-state index in [9.17, 15) is 38.4 Å². The summed E-state index contributed by atoms with van der Waals surface area (Å²) in [5, 5.41) is 40.5. The lowest BCUT2D eigenvalue weighted by Crippen LogP contribution is -2.59. The van der Waals surface area contributed by atoms with Gasteiger partial charge in [0.05, 0.1) is 6.61 Å². The summed E-state index contributed by atoms with van der Waals surface area (Å²) in [7, 11) is 0. The molecule has 1 aliphatic heterocycles. The molecule has 5 atom stereocenters. The minimum Gasteiger partial charge on any atom is -0.461 e. The Labute approximate surface area is 168 Å². The average Bonchev–Trinajstić information content (AvgIpc) is 2.72. The maximum absolute atomic E-state index is 12.8. The number of hydrogen-bond donors (Lipinski definition) is 4. The lowest BCUT2D eigenvalue weighted by atomic mass is 9.99. The maximum Gasteiger partial charge on any atom is 0.454 e. The zero-order chi connectivity index (χ0) is 22.1. The van der Waals surface area contributed by atoms with Crippen molar-refractivity contribution in [2.75, 3.05) is 6.61 Å². The van der Waals surface area contributed by atoms with Crippen molar-refractivity contribution in [3.63, 3.8) is 0 Å². The van der Waals surface area contributed by atoms with Gasteiger partial charge in [0.15, 0.2) is 0 Å². The molecule has 1 saturated heterocycles. The van der Waals surface area contributed by atoms with E-state index in [4.69, 9.17) is 9.47 Å². The first kappa shape index (κ1) is 22.2. The van der Waals surface area contributed by atoms with Gasteiger partial charge in [0.1, 0.15) is 30.2 Å². The molecule has 2 aromatic rings. The fraction of sp³-hybridized carbons (Fsp3) is 0.350. The molecule has 0 radical (unpaired) electrons. The van der Waals surface area contributed by atoms with Gasteiger partial charge in [0.25, 0.3) is 5.78 Å². The molecule has 3 rings (SSSR count). The minimum atomic E-state index is -5.17. The Kier molecular flexibility index (Phi) is 6.44. The van der Waals surface area contributed by atoms with Gasteiger partial charge in [-0.05, 0) is 16.8 Å². The molecule has 2 aromatic carbocycles. The molecule has 0 aliphatic carbocycles. The SMILES string of the molecule is O=C(C=C(OC1O[C@H](CO)[C@H](O)[C@H](O)[C@H]1O)c1ccc2ccccc2c1)C(F)(F)F. The number of hydrogen-bond acceptors (Lipinski definition) is 7. The fourth-order valence-electron chi connectivity index (χ4n) is 3.02. The first-order valence-corrected chi connectivity index (χ1v) is 8.91. The highest BCUT2D eigenvalue weighted by molar-refractivity contribution is 6.00. The van der Waals surface area contributed by atoms with Crippen LogP contribution in [-0.2, 0) is 14.3 Å². The van der Waals surface area contributed by atoms with E-state index in [2.05, 4.69) is 0 Å². The molecule has 4 N–H and O–H groups in total. The van der Waals surface area contributed by atoms with E-state index in [0.717, 1.165) is 5.39 Å². The monoisotopic (exact) mass is 428 g/mol. The molecule has 0 aromatic heterocycles. The van der Waals surface area contributed by atoms with Crippen molar-refractivity contribution < 1.29 is 47.9 Å². The minimum absolute atomic E-state index is 0.0864. The molecule has 162 valence electrons. The van der Waals surface area contributed by atoms with Gasteiger partial charge in [-0.3, -0.25) is 4.79 Å². The van der Waals surface area contributed by atoms with Gasteiger partial charge in [-0.15, -0.1) is 0 Å². The van der Waals surface area contributed by atoms with Gasteiger partial charge >= 0.3 is 6.18 Å². The van der Waals surface area contributed by atoms with Crippen molar-refractivity contribution in [1.29, 1.82) is 0 Å². The van der Waals surface area contributed by atoms with E-state index in [1.54, 1.807) is 30.3 Å². The highest BCUT2D eigenvalue weighted by Crippen LogP contribution is 2.30. The molecule has 1 unspecified atom stereocenters. The zero-order valence-corrected chi connectivity index (χ0v) is 15.4. The van der Waals surface area contributed by atoms with Crippen molar-refractivity contribution in [3.8, 4) is 0 Å². The highest BCUT2D eigenvalue weighted by atomic mass is 19.4. The number of allylic oxidation sites excluding steroid dienone is 1. The number of ether oxygens (including phenoxy) is 2. The highest BCUT2D eigenvalue weighted by Gasteiger charge is 2.45. The third kappa shape index (κ3) is 4.63. The zero-order valence-electron chi connectivity index (χ0n) is 15.4. The quantitative estimate of drug-likeness (QED) is 0.417. The summed E-state index contributed by atoms with van der Waals surface area (Å²) < 4.78 is 49.0. The standard InChI is InChI=1S/C20H19F3O7/c21-20(22,23)15(25)8-13(12-6-5-10-3-1-2-4-11(10)7-12)29-19-18(28)17(27)16(26)14(9-24)30-19/h1-8,14,16-19,24,26-28H,9H2/t14-,16+,17+,18-,19?/m1/s1. The first-order chi connectivity index (χ1) is 14.1. The number of ketones is 1. The van der Waals surface area contributed by atoms with Crippen LogP contribution in [0, 0.1) is 0 Å². The van der Waals surface area contributed by atoms with Crippen LogP contribution in [0.1, 0.15) is 5.56 Å². The number of rotatable bonds is 5. The molecular formula is C20H19F3O7. The summed E-state index contributed by atoms with van der Waals surface area (Å²) in [5.74, 6) is -2.76. The number of aliphatic hydroxyl groups excluding tert-OH is 4. The Bertz CT molecular complexity index is 941. The van der Waals surface area contributed by atoms with Crippen LogP contribution < -0.4 is 0 Å². The second-order valence-electron chi connectivity index (χ2n) is 6.75. The van der Waals surface area contributed by atoms with E-state index >= 15 is 0 Å². The molecule has 1 aliphatic rings. The van der Waals surface area contributed by atoms with E-state index in [0.29, 0.717) is 5.39 Å². The third-order valence-corrected chi connectivity index (χ3v) is 4.67. The summed E-state index contributed by atoms with van der Waals surface area (Å²) >= 11 is 0. The Morgan fingerprint density at radius 3 is 2.33 bits per heavy atom. The topological polar surface area (TPSA) is 116 Å². The van der Waals surface area contributed by atoms with Crippen molar-refractivity contribution in [1.82, 2.24) is 0 Å². The third-order valence-electron chi connectivity index (χ3n) is 4.67. The molecule has 0 spiro atoms. The molecule has 0 bridgehead atoms. The molecule has 30 heavy (non-hydrogen) atoms. The Morgan fingerprint density at radius 1 is 1.03 bits per heavy atom. The average molecular weight is 428 g/mol. The van der Waals surface area contributed by atoms with Crippen LogP contribution in [0.15, 0.2) is 48.5 Å². The normalized spacial score (nSPS) is 27.8. The Balaban J connectivity index is 1.99. The second kappa shape index (κ2) is 8.70. The molecule has 1 fully saturated rings. The lowest BCUT2D eigenvalue weighted by Gasteiger charge is -2.39. The number of fused-ring (bicyclic) bond motifs is 1. The number of benzene rings is 2. The Morgan fingerprint density at radius 2 is 1.70 bits per heavy atom. The van der Waals surface area contributed by atoms with Crippen molar-refractivity contribution >= 4 is 22.3 Å². The summed E-state index contributed by atoms with van der Waals surface area (Å²) in [5.41, 5.74) is 0.0864. The van der Waals surface area contributed by atoms with Gasteiger partial charge in [0.2, 0.25) is 6.29 Å². The van der Waals surface area contributed by atoms with E-state index in [-0.39, 0.29) is 11.6 Å². The van der Waals surface area contributed by atoms with Crippen LogP contribution in [0.4, 0.5) is 13.2 Å². The Hall–Kier alpha value is -2.50. The first-order valence-electron chi connectivity index (χ1n) is 8.91. The van der Waals surface area contributed by atoms with Crippen LogP contribution in [0.2, 0.25) is 0 Å². The van der Waals surface area contributed by atoms with Crippen LogP contribution in [-0.4, -0.2) is 69.7 Å². The van der Waals surface area contributed by atoms with E-state index in [1.807, 2.05) is 0 Å². The van der Waals surface area contributed by atoms with Gasteiger partial charge in [-0.1, -0.05) is 36.4 Å². The smallest absolute Gasteiger partial charge is 0.454 e. The number of carbonyl (C=O) groups excluding carboxylic acids is 1. The van der Waals surface area contributed by atoms with Crippen molar-refractivity contribution in [3.05, 3.63) is 54.1 Å². The maximum atomic E-state index is 12.8. The second-order valence-corrected chi connectivity index (χ2v) is 6.75.